The number of anilines is 1. The smallest absolute Gasteiger partial charge is 0.222 e. The Balaban J connectivity index is 1.19. The van der Waals surface area contributed by atoms with Gasteiger partial charge in [0.15, 0.2) is 11.5 Å². The van der Waals surface area contributed by atoms with Gasteiger partial charge in [0.05, 0.1) is 25.3 Å². The number of thiophene rings is 1. The lowest BCUT2D eigenvalue weighted by atomic mass is 10.0. The Bertz CT molecular complexity index is 1570. The van der Waals surface area contributed by atoms with Crippen LogP contribution in [0.25, 0.3) is 22.0 Å². The van der Waals surface area contributed by atoms with Crippen LogP contribution in [0.1, 0.15) is 80.6 Å². The molecule has 2 aromatic heterocycles. The summed E-state index contributed by atoms with van der Waals surface area (Å²) in [5.74, 6) is 3.14. The molecule has 4 aromatic rings. The van der Waals surface area contributed by atoms with E-state index in [-0.39, 0.29) is 6.04 Å². The Morgan fingerprint density at radius 3 is 2.62 bits per heavy atom. The van der Waals surface area contributed by atoms with E-state index in [1.807, 2.05) is 31.0 Å². The zero-order valence-corrected chi connectivity index (χ0v) is 28.0. The van der Waals surface area contributed by atoms with Gasteiger partial charge in [0.25, 0.3) is 0 Å². The molecule has 0 saturated carbocycles. The number of benzene rings is 2. The standard InChI is InChI=1S/C36H47N5O3S/c1-25(34-20-28(24-45-34)29-15-10-9-14-27(29)23-37-3)38-36-30-21-32(43-4)33(22-31(30)39-26(2)40-36)44-19-13-6-5-8-16-35(42)41-17-11-7-12-18-41/h9-10,14-15,20-22,24-25,37H,5-8,11-13,16-19,23H2,1-4H3,(H,38,39,40). The highest BCUT2D eigenvalue weighted by atomic mass is 32.1. The Kier molecular flexibility index (Phi) is 11.7. The summed E-state index contributed by atoms with van der Waals surface area (Å²) < 4.78 is 11.9. The topological polar surface area (TPSA) is 88.6 Å². The molecule has 2 aromatic carbocycles. The molecule has 3 heterocycles. The first-order valence-electron chi connectivity index (χ1n) is 16.3. The first-order chi connectivity index (χ1) is 22.0. The number of carbonyl (C=O) groups excluding carboxylic acids is 1. The van der Waals surface area contributed by atoms with Crippen LogP contribution in [0.4, 0.5) is 5.82 Å². The molecule has 0 radical (unpaired) electrons. The van der Waals surface area contributed by atoms with Gasteiger partial charge in [0.1, 0.15) is 11.6 Å². The number of fused-ring (bicyclic) bond motifs is 1. The highest BCUT2D eigenvalue weighted by Gasteiger charge is 2.18. The Hall–Kier alpha value is -3.69. The molecule has 1 unspecified atom stereocenters. The van der Waals surface area contributed by atoms with Crippen LogP contribution in [-0.2, 0) is 11.3 Å². The van der Waals surface area contributed by atoms with Crippen LogP contribution in [0.3, 0.4) is 0 Å². The fraction of sp³-hybridized carbons (Fsp3) is 0.472. The highest BCUT2D eigenvalue weighted by molar-refractivity contribution is 7.10. The van der Waals surface area contributed by atoms with Crippen molar-refractivity contribution in [1.29, 1.82) is 0 Å². The number of piperidine rings is 1. The molecule has 1 aliphatic heterocycles. The van der Waals surface area contributed by atoms with E-state index in [1.54, 1.807) is 18.4 Å². The zero-order valence-electron chi connectivity index (χ0n) is 27.2. The van der Waals surface area contributed by atoms with Crippen molar-refractivity contribution in [3.63, 3.8) is 0 Å². The fourth-order valence-corrected chi connectivity index (χ4v) is 6.91. The number of hydrogen-bond acceptors (Lipinski definition) is 8. The Morgan fingerprint density at radius 1 is 1.02 bits per heavy atom. The number of rotatable bonds is 15. The Labute approximate surface area is 271 Å². The predicted octanol–water partition coefficient (Wildman–Crippen LogP) is 7.91. The second-order valence-corrected chi connectivity index (χ2v) is 12.8. The molecule has 240 valence electrons. The van der Waals surface area contributed by atoms with Crippen molar-refractivity contribution < 1.29 is 14.3 Å². The second kappa shape index (κ2) is 16.0. The number of aromatic nitrogens is 2. The van der Waals surface area contributed by atoms with E-state index in [4.69, 9.17) is 19.4 Å². The van der Waals surface area contributed by atoms with Gasteiger partial charge in [-0.3, -0.25) is 4.79 Å². The van der Waals surface area contributed by atoms with E-state index in [1.165, 1.54) is 28.0 Å². The summed E-state index contributed by atoms with van der Waals surface area (Å²) in [4.78, 5) is 25.1. The average Bonchev–Trinajstić information content (AvgIpc) is 3.55. The third-order valence-electron chi connectivity index (χ3n) is 8.44. The molecule has 2 N–H and O–H groups in total. The summed E-state index contributed by atoms with van der Waals surface area (Å²) in [6, 6.07) is 14.8. The molecule has 1 atom stereocenters. The molecule has 1 aliphatic rings. The number of methoxy groups -OCH3 is 1. The van der Waals surface area contributed by atoms with Crippen molar-refractivity contribution in [2.75, 3.05) is 39.2 Å². The molecular formula is C36H47N5O3S. The number of nitrogens with zero attached hydrogens (tertiary/aromatic N) is 3. The van der Waals surface area contributed by atoms with Gasteiger partial charge in [-0.2, -0.15) is 0 Å². The number of ether oxygens (including phenoxy) is 2. The number of carbonyl (C=O) groups is 1. The lowest BCUT2D eigenvalue weighted by Crippen LogP contribution is -2.35. The van der Waals surface area contributed by atoms with Gasteiger partial charge < -0.3 is 25.0 Å². The summed E-state index contributed by atoms with van der Waals surface area (Å²) >= 11 is 1.75. The first-order valence-corrected chi connectivity index (χ1v) is 17.2. The summed E-state index contributed by atoms with van der Waals surface area (Å²) in [6.07, 6.45) is 8.13. The molecule has 0 aliphatic carbocycles. The van der Waals surface area contributed by atoms with Gasteiger partial charge in [-0.15, -0.1) is 11.3 Å². The maximum atomic E-state index is 12.4. The van der Waals surface area contributed by atoms with E-state index in [2.05, 4.69) is 53.3 Å². The number of likely N-dealkylation sites (tertiary alicyclic amines) is 1. The van der Waals surface area contributed by atoms with Crippen LogP contribution in [0, 0.1) is 6.92 Å². The quantitative estimate of drug-likeness (QED) is 0.129. The number of nitrogens with one attached hydrogen (secondary N) is 2. The van der Waals surface area contributed by atoms with Crippen molar-refractivity contribution in [3.8, 4) is 22.6 Å². The van der Waals surface area contributed by atoms with E-state index < -0.39 is 0 Å². The molecule has 9 heteroatoms. The van der Waals surface area contributed by atoms with E-state index in [0.717, 1.165) is 74.9 Å². The largest absolute Gasteiger partial charge is 0.493 e. The lowest BCUT2D eigenvalue weighted by Gasteiger charge is -2.26. The SMILES string of the molecule is CNCc1ccccc1-c1csc(C(C)Nc2nc(C)nc3cc(OCCCCCCC(=O)N4CCCCC4)c(OC)cc23)c1. The number of hydrogen-bond donors (Lipinski definition) is 2. The molecule has 0 spiro atoms. The molecule has 0 bridgehead atoms. The number of aryl methyl sites for hydroxylation is 1. The second-order valence-electron chi connectivity index (χ2n) is 11.9. The van der Waals surface area contributed by atoms with Crippen molar-refractivity contribution >= 4 is 34.0 Å². The van der Waals surface area contributed by atoms with Crippen LogP contribution < -0.4 is 20.1 Å². The molecular weight excluding hydrogens is 582 g/mol. The van der Waals surface area contributed by atoms with Gasteiger partial charge in [-0.25, -0.2) is 9.97 Å². The number of unbranched alkanes of at least 4 members (excludes halogenated alkanes) is 3. The van der Waals surface area contributed by atoms with Crippen molar-refractivity contribution in [1.82, 2.24) is 20.2 Å². The van der Waals surface area contributed by atoms with E-state index in [9.17, 15) is 4.79 Å². The van der Waals surface area contributed by atoms with E-state index >= 15 is 0 Å². The monoisotopic (exact) mass is 629 g/mol. The molecule has 1 fully saturated rings. The minimum absolute atomic E-state index is 0.0507. The molecule has 1 amide bonds. The lowest BCUT2D eigenvalue weighted by molar-refractivity contribution is -0.132. The third-order valence-corrected chi connectivity index (χ3v) is 9.55. The zero-order chi connectivity index (χ0) is 31.6. The predicted molar refractivity (Wildman–Crippen MR) is 184 cm³/mol. The Morgan fingerprint density at radius 2 is 1.82 bits per heavy atom. The van der Waals surface area contributed by atoms with Crippen LogP contribution in [0.15, 0.2) is 47.8 Å². The van der Waals surface area contributed by atoms with Gasteiger partial charge in [-0.1, -0.05) is 37.1 Å². The van der Waals surface area contributed by atoms with Crippen molar-refractivity contribution in [2.45, 2.75) is 77.8 Å². The van der Waals surface area contributed by atoms with Crippen LogP contribution >= 0.6 is 11.3 Å². The van der Waals surface area contributed by atoms with Crippen molar-refractivity contribution in [2.24, 2.45) is 0 Å². The fourth-order valence-electron chi connectivity index (χ4n) is 5.99. The van der Waals surface area contributed by atoms with E-state index in [0.29, 0.717) is 36.3 Å². The molecule has 5 rings (SSSR count). The van der Waals surface area contributed by atoms with Crippen LogP contribution in [-0.4, -0.2) is 54.6 Å². The van der Waals surface area contributed by atoms with Crippen LogP contribution in [0.2, 0.25) is 0 Å². The van der Waals surface area contributed by atoms with Gasteiger partial charge >= 0.3 is 0 Å². The highest BCUT2D eigenvalue weighted by Crippen LogP contribution is 2.37. The minimum Gasteiger partial charge on any atom is -0.493 e. The van der Waals surface area contributed by atoms with Crippen molar-refractivity contribution in [3.05, 3.63) is 64.1 Å². The maximum Gasteiger partial charge on any atom is 0.222 e. The summed E-state index contributed by atoms with van der Waals surface area (Å²) in [5.41, 5.74) is 4.59. The summed E-state index contributed by atoms with van der Waals surface area (Å²) in [7, 11) is 3.64. The summed E-state index contributed by atoms with van der Waals surface area (Å²) in [6.45, 7) is 7.37. The average molecular weight is 630 g/mol. The van der Waals surface area contributed by atoms with Gasteiger partial charge in [0, 0.05) is 42.4 Å². The van der Waals surface area contributed by atoms with Crippen LogP contribution in [0.5, 0.6) is 11.5 Å². The molecule has 45 heavy (non-hydrogen) atoms. The normalized spacial score (nSPS) is 14.0. The molecule has 1 saturated heterocycles. The third kappa shape index (κ3) is 8.52. The molecule has 8 nitrogen and oxygen atoms in total. The number of amides is 1. The maximum absolute atomic E-state index is 12.4. The summed E-state index contributed by atoms with van der Waals surface area (Å²) in [5, 5.41) is 10.0. The minimum atomic E-state index is 0.0507. The first kappa shape index (κ1) is 32.7. The van der Waals surface area contributed by atoms with Gasteiger partial charge in [0.2, 0.25) is 5.91 Å². The van der Waals surface area contributed by atoms with Gasteiger partial charge in [-0.05, 0) is 87.2 Å².